The summed E-state index contributed by atoms with van der Waals surface area (Å²) < 4.78 is 28.0. The van der Waals surface area contributed by atoms with E-state index in [1.807, 2.05) is 12.1 Å². The van der Waals surface area contributed by atoms with Crippen molar-refractivity contribution in [2.24, 2.45) is 0 Å². The third kappa shape index (κ3) is 8.92. The van der Waals surface area contributed by atoms with Crippen molar-refractivity contribution in [1.29, 1.82) is 0 Å². The molecule has 1 heterocycles. The third-order valence-electron chi connectivity index (χ3n) is 5.69. The number of carboxylic acid groups (broad SMARTS) is 2. The maximum atomic E-state index is 13.1. The van der Waals surface area contributed by atoms with Gasteiger partial charge in [0.05, 0.1) is 14.2 Å². The maximum Gasteiger partial charge on any atom is 0.414 e. The lowest BCUT2D eigenvalue weighted by Gasteiger charge is -2.30. The highest BCUT2D eigenvalue weighted by atomic mass is 16.5. The topological polar surface area (TPSA) is 145 Å². The number of carbonyl (C=O) groups excluding carboxylic acids is 1. The van der Waals surface area contributed by atoms with Gasteiger partial charge in [-0.05, 0) is 70.2 Å². The Morgan fingerprint density at radius 3 is 1.90 bits per heavy atom. The first-order chi connectivity index (χ1) is 18.5. The van der Waals surface area contributed by atoms with Crippen LogP contribution < -0.4 is 14.2 Å². The molecule has 0 aliphatic heterocycles. The zero-order valence-electron chi connectivity index (χ0n) is 22.9. The quantitative estimate of drug-likeness (QED) is 0.260. The highest BCUT2D eigenvalue weighted by Crippen LogP contribution is 2.31. The molecule has 0 atom stereocenters. The molecule has 11 nitrogen and oxygen atoms in total. The van der Waals surface area contributed by atoms with Gasteiger partial charge in [0, 0.05) is 24.0 Å². The van der Waals surface area contributed by atoms with Crippen molar-refractivity contribution in [3.63, 3.8) is 0 Å². The van der Waals surface area contributed by atoms with Gasteiger partial charge in [0.1, 0.15) is 41.6 Å². The van der Waals surface area contributed by atoms with Crippen LogP contribution >= 0.6 is 0 Å². The lowest BCUT2D eigenvalue weighted by Crippen LogP contribution is -2.39. The van der Waals surface area contributed by atoms with Crippen LogP contribution in [-0.4, -0.2) is 72.5 Å². The molecule has 11 heteroatoms. The number of carboxylic acids is 2. The number of nitrogens with zero attached hydrogens (tertiary/aromatic N) is 1. The Labute approximate surface area is 226 Å². The molecule has 0 saturated heterocycles. The van der Waals surface area contributed by atoms with E-state index in [1.165, 1.54) is 0 Å². The highest BCUT2D eigenvalue weighted by molar-refractivity contribution is 6.27. The number of carbonyl (C=O) groups is 3. The fourth-order valence-electron chi connectivity index (χ4n) is 3.83. The van der Waals surface area contributed by atoms with Crippen LogP contribution in [0.2, 0.25) is 0 Å². The van der Waals surface area contributed by atoms with Gasteiger partial charge < -0.3 is 33.6 Å². The molecule has 3 aromatic rings. The van der Waals surface area contributed by atoms with E-state index in [0.717, 1.165) is 5.75 Å². The smallest absolute Gasteiger partial charge is 0.414 e. The van der Waals surface area contributed by atoms with Gasteiger partial charge in [-0.3, -0.25) is 4.90 Å². The molecule has 1 aromatic heterocycles. The summed E-state index contributed by atoms with van der Waals surface area (Å²) in [4.78, 5) is 33.6. The molecule has 0 unspecified atom stereocenters. The minimum atomic E-state index is -1.82. The fourth-order valence-corrected chi connectivity index (χ4v) is 3.83. The Hall–Kier alpha value is -4.25. The number of benzene rings is 2. The molecule has 0 bridgehead atoms. The Morgan fingerprint density at radius 1 is 0.846 bits per heavy atom. The Balaban J connectivity index is 0.000000798. The van der Waals surface area contributed by atoms with Crippen LogP contribution in [0.3, 0.4) is 0 Å². The molecule has 3 rings (SSSR count). The Morgan fingerprint density at radius 2 is 1.38 bits per heavy atom. The van der Waals surface area contributed by atoms with Gasteiger partial charge >= 0.3 is 17.9 Å². The molecule has 2 aromatic carbocycles. The van der Waals surface area contributed by atoms with E-state index < -0.39 is 17.9 Å². The summed E-state index contributed by atoms with van der Waals surface area (Å²) in [6.07, 6.45) is 0. The summed E-state index contributed by atoms with van der Waals surface area (Å²) in [7, 11) is 3.19. The number of rotatable bonds is 11. The summed E-state index contributed by atoms with van der Waals surface area (Å²) in [6.45, 7) is 9.54. The molecule has 0 aliphatic rings. The predicted octanol–water partition coefficient (Wildman–Crippen LogP) is 4.46. The molecule has 0 fully saturated rings. The Bertz CT molecular complexity index is 1230. The van der Waals surface area contributed by atoms with Crippen molar-refractivity contribution in [2.75, 3.05) is 27.4 Å². The molecule has 0 amide bonds. The van der Waals surface area contributed by atoms with E-state index in [9.17, 15) is 4.79 Å². The lowest BCUT2D eigenvalue weighted by atomic mass is 10.1. The van der Waals surface area contributed by atoms with Crippen molar-refractivity contribution in [3.05, 3.63) is 53.8 Å². The normalized spacial score (nSPS) is 10.8. The highest BCUT2D eigenvalue weighted by Gasteiger charge is 2.24. The molecule has 0 spiro atoms. The van der Waals surface area contributed by atoms with Crippen LogP contribution in [0.25, 0.3) is 11.0 Å². The number of furan rings is 1. The van der Waals surface area contributed by atoms with Crippen LogP contribution in [-0.2, 0) is 20.9 Å². The van der Waals surface area contributed by atoms with E-state index in [1.54, 1.807) is 44.6 Å². The van der Waals surface area contributed by atoms with Crippen LogP contribution in [0.4, 0.5) is 0 Å². The van der Waals surface area contributed by atoms with Crippen molar-refractivity contribution in [3.8, 4) is 17.2 Å². The van der Waals surface area contributed by atoms with Gasteiger partial charge in [0.2, 0.25) is 0 Å². The van der Waals surface area contributed by atoms with Crippen molar-refractivity contribution in [2.45, 2.75) is 46.4 Å². The van der Waals surface area contributed by atoms with Crippen molar-refractivity contribution in [1.82, 2.24) is 4.90 Å². The second kappa shape index (κ2) is 14.6. The minimum Gasteiger partial charge on any atom is -0.497 e. The van der Waals surface area contributed by atoms with Gasteiger partial charge in [-0.25, -0.2) is 14.4 Å². The molecule has 2 N–H and O–H groups in total. The molecule has 212 valence electrons. The van der Waals surface area contributed by atoms with E-state index in [-0.39, 0.29) is 13.2 Å². The number of ether oxygens (including phenoxy) is 4. The first-order valence-electron chi connectivity index (χ1n) is 12.2. The van der Waals surface area contributed by atoms with E-state index in [4.69, 9.17) is 43.2 Å². The van der Waals surface area contributed by atoms with E-state index >= 15 is 0 Å². The number of methoxy groups -OCH3 is 2. The predicted molar refractivity (Wildman–Crippen MR) is 143 cm³/mol. The molecule has 39 heavy (non-hydrogen) atoms. The average molecular weight is 546 g/mol. The molecular formula is C28H35NO10. The second-order valence-corrected chi connectivity index (χ2v) is 8.90. The first kappa shape index (κ1) is 31.0. The van der Waals surface area contributed by atoms with Gasteiger partial charge in [0.25, 0.3) is 0 Å². The summed E-state index contributed by atoms with van der Waals surface area (Å²) in [5.74, 6) is -1.68. The third-order valence-corrected chi connectivity index (χ3v) is 5.69. The van der Waals surface area contributed by atoms with Crippen molar-refractivity contribution < 1.29 is 48.0 Å². The van der Waals surface area contributed by atoms with Gasteiger partial charge in [-0.1, -0.05) is 0 Å². The van der Waals surface area contributed by atoms with E-state index in [2.05, 4.69) is 32.6 Å². The largest absolute Gasteiger partial charge is 0.497 e. The SMILES string of the molecule is COc1ccc(OCc2oc3ccc(OC)cc3c2C(=O)OCCN(C(C)C)C(C)C)cc1.O=C(O)C(=O)O. The summed E-state index contributed by atoms with van der Waals surface area (Å²) in [6, 6.07) is 13.3. The Kier molecular flexibility index (Phi) is 11.6. The minimum absolute atomic E-state index is 0.0812. The number of hydrogen-bond donors (Lipinski definition) is 2. The number of aliphatic carboxylic acids is 2. The average Bonchev–Trinajstić information content (AvgIpc) is 3.27. The maximum absolute atomic E-state index is 13.1. The molecule has 0 saturated carbocycles. The van der Waals surface area contributed by atoms with Gasteiger partial charge in [0.15, 0.2) is 5.76 Å². The van der Waals surface area contributed by atoms with Crippen LogP contribution in [0, 0.1) is 0 Å². The summed E-state index contributed by atoms with van der Waals surface area (Å²) >= 11 is 0. The summed E-state index contributed by atoms with van der Waals surface area (Å²) in [5, 5.41) is 15.4. The monoisotopic (exact) mass is 545 g/mol. The van der Waals surface area contributed by atoms with Crippen LogP contribution in [0.5, 0.6) is 17.2 Å². The number of esters is 1. The van der Waals surface area contributed by atoms with Gasteiger partial charge in [-0.15, -0.1) is 0 Å². The van der Waals surface area contributed by atoms with Crippen LogP contribution in [0.15, 0.2) is 46.9 Å². The van der Waals surface area contributed by atoms with E-state index in [0.29, 0.717) is 52.4 Å². The number of fused-ring (bicyclic) bond motifs is 1. The molecular weight excluding hydrogens is 510 g/mol. The summed E-state index contributed by atoms with van der Waals surface area (Å²) in [5.41, 5.74) is 0.931. The number of hydrogen-bond acceptors (Lipinski definition) is 9. The fraction of sp³-hybridized carbons (Fsp3) is 0.393. The molecule has 0 aliphatic carbocycles. The standard InChI is InChI=1S/C26H33NO6.C2H2O4/c1-17(2)27(18(3)4)13-14-31-26(28)25-22-15-21(30-6)11-12-23(22)33-24(25)16-32-20-9-7-19(29-5)8-10-20;3-1(4)2(5)6/h7-12,15,17-18H,13-14,16H2,1-6H3;(H,3,4)(H,5,6). The van der Waals surface area contributed by atoms with Crippen molar-refractivity contribution >= 4 is 28.9 Å². The molecule has 0 radical (unpaired) electrons. The lowest BCUT2D eigenvalue weighted by molar-refractivity contribution is -0.159. The van der Waals surface area contributed by atoms with Crippen LogP contribution in [0.1, 0.15) is 43.8 Å². The second-order valence-electron chi connectivity index (χ2n) is 8.90. The zero-order valence-corrected chi connectivity index (χ0v) is 22.9. The first-order valence-corrected chi connectivity index (χ1v) is 12.2. The van der Waals surface area contributed by atoms with Gasteiger partial charge in [-0.2, -0.15) is 0 Å². The zero-order chi connectivity index (χ0) is 29.1.